The van der Waals surface area contributed by atoms with Gasteiger partial charge in [-0.15, -0.1) is 6.58 Å². The molecule has 0 aromatic heterocycles. The van der Waals surface area contributed by atoms with Crippen LogP contribution in [-0.4, -0.2) is 11.2 Å². The molecular formula is C11H18O. The van der Waals surface area contributed by atoms with E-state index in [0.29, 0.717) is 11.3 Å². The van der Waals surface area contributed by atoms with Crippen LogP contribution in [0.4, 0.5) is 0 Å². The van der Waals surface area contributed by atoms with Gasteiger partial charge in [0.2, 0.25) is 0 Å². The van der Waals surface area contributed by atoms with Crippen molar-refractivity contribution < 1.29 is 5.11 Å². The standard InChI is InChI=1S/C11H18O/c1-2-9-8-11(10(9)12)6-4-3-5-7-11/h2,9-10,12H,1,3-8H2. The molecule has 2 fully saturated rings. The number of hydrogen-bond donors (Lipinski definition) is 1. The molecule has 0 aliphatic heterocycles. The fourth-order valence-corrected chi connectivity index (χ4v) is 2.96. The van der Waals surface area contributed by atoms with E-state index < -0.39 is 0 Å². The van der Waals surface area contributed by atoms with Crippen molar-refractivity contribution in [1.29, 1.82) is 0 Å². The molecule has 1 nitrogen and oxygen atoms in total. The summed E-state index contributed by atoms with van der Waals surface area (Å²) >= 11 is 0. The van der Waals surface area contributed by atoms with E-state index in [0.717, 1.165) is 0 Å². The minimum Gasteiger partial charge on any atom is -0.392 e. The van der Waals surface area contributed by atoms with E-state index >= 15 is 0 Å². The maximum absolute atomic E-state index is 9.91. The first-order valence-electron chi connectivity index (χ1n) is 5.09. The van der Waals surface area contributed by atoms with E-state index in [1.165, 1.54) is 38.5 Å². The number of aliphatic hydroxyl groups excluding tert-OH is 1. The average Bonchev–Trinajstić information content (AvgIpc) is 2.15. The first-order chi connectivity index (χ1) is 5.78. The zero-order valence-electron chi connectivity index (χ0n) is 7.63. The zero-order valence-corrected chi connectivity index (χ0v) is 7.63. The Morgan fingerprint density at radius 1 is 1.25 bits per heavy atom. The van der Waals surface area contributed by atoms with Gasteiger partial charge >= 0.3 is 0 Å². The lowest BCUT2D eigenvalue weighted by molar-refractivity contribution is -0.121. The average molecular weight is 166 g/mol. The molecule has 0 bridgehead atoms. The van der Waals surface area contributed by atoms with Crippen LogP contribution in [0.3, 0.4) is 0 Å². The van der Waals surface area contributed by atoms with E-state index in [1.807, 2.05) is 6.08 Å². The fraction of sp³-hybridized carbons (Fsp3) is 0.818. The van der Waals surface area contributed by atoms with Crippen LogP contribution in [-0.2, 0) is 0 Å². The summed E-state index contributed by atoms with van der Waals surface area (Å²) in [5, 5.41) is 9.91. The van der Waals surface area contributed by atoms with Crippen LogP contribution in [0.25, 0.3) is 0 Å². The Balaban J connectivity index is 2.00. The summed E-state index contributed by atoms with van der Waals surface area (Å²) in [4.78, 5) is 0. The number of aliphatic hydroxyl groups is 1. The maximum atomic E-state index is 9.91. The third kappa shape index (κ3) is 1.03. The number of rotatable bonds is 1. The van der Waals surface area contributed by atoms with Gasteiger partial charge in [0.25, 0.3) is 0 Å². The van der Waals surface area contributed by atoms with Crippen molar-refractivity contribution in [1.82, 2.24) is 0 Å². The van der Waals surface area contributed by atoms with Gasteiger partial charge in [-0.2, -0.15) is 0 Å². The molecule has 1 spiro atoms. The van der Waals surface area contributed by atoms with Crippen molar-refractivity contribution in [3.63, 3.8) is 0 Å². The van der Waals surface area contributed by atoms with Crippen molar-refractivity contribution in [3.05, 3.63) is 12.7 Å². The minimum absolute atomic E-state index is 0.0738. The van der Waals surface area contributed by atoms with Gasteiger partial charge < -0.3 is 5.11 Å². The lowest BCUT2D eigenvalue weighted by atomic mass is 9.54. The predicted octanol–water partition coefficient (Wildman–Crippen LogP) is 2.50. The van der Waals surface area contributed by atoms with Gasteiger partial charge in [-0.05, 0) is 24.7 Å². The summed E-state index contributed by atoms with van der Waals surface area (Å²) in [6.45, 7) is 3.75. The minimum atomic E-state index is -0.0738. The van der Waals surface area contributed by atoms with Gasteiger partial charge in [0.15, 0.2) is 0 Å². The van der Waals surface area contributed by atoms with Crippen molar-refractivity contribution in [2.75, 3.05) is 0 Å². The lowest BCUT2D eigenvalue weighted by Crippen LogP contribution is -2.52. The van der Waals surface area contributed by atoms with Crippen LogP contribution in [0.1, 0.15) is 38.5 Å². The van der Waals surface area contributed by atoms with Crippen LogP contribution in [0.2, 0.25) is 0 Å². The number of hydrogen-bond acceptors (Lipinski definition) is 1. The Morgan fingerprint density at radius 2 is 1.92 bits per heavy atom. The van der Waals surface area contributed by atoms with Crippen molar-refractivity contribution in [2.45, 2.75) is 44.6 Å². The van der Waals surface area contributed by atoms with Gasteiger partial charge in [-0.25, -0.2) is 0 Å². The van der Waals surface area contributed by atoms with Gasteiger partial charge in [0, 0.05) is 5.92 Å². The molecule has 0 aromatic carbocycles. The van der Waals surface area contributed by atoms with Gasteiger partial charge in [-0.3, -0.25) is 0 Å². The smallest absolute Gasteiger partial charge is 0.0659 e. The van der Waals surface area contributed by atoms with Crippen LogP contribution in [0.15, 0.2) is 12.7 Å². The summed E-state index contributed by atoms with van der Waals surface area (Å²) < 4.78 is 0. The molecule has 68 valence electrons. The largest absolute Gasteiger partial charge is 0.392 e. The molecule has 2 unspecified atom stereocenters. The predicted molar refractivity (Wildman–Crippen MR) is 49.8 cm³/mol. The first-order valence-corrected chi connectivity index (χ1v) is 5.09. The molecule has 2 aliphatic rings. The molecule has 0 radical (unpaired) electrons. The summed E-state index contributed by atoms with van der Waals surface area (Å²) in [7, 11) is 0. The third-order valence-corrected chi connectivity index (χ3v) is 3.83. The van der Waals surface area contributed by atoms with Crippen molar-refractivity contribution in [2.24, 2.45) is 11.3 Å². The van der Waals surface area contributed by atoms with Crippen LogP contribution in [0.5, 0.6) is 0 Å². The molecule has 2 atom stereocenters. The van der Waals surface area contributed by atoms with Crippen molar-refractivity contribution >= 4 is 0 Å². The Hall–Kier alpha value is -0.300. The zero-order chi connectivity index (χ0) is 8.60. The highest BCUT2D eigenvalue weighted by Gasteiger charge is 2.51. The second-order valence-electron chi connectivity index (χ2n) is 4.47. The molecule has 0 amide bonds. The molecule has 0 aromatic rings. The summed E-state index contributed by atoms with van der Waals surface area (Å²) in [5.41, 5.74) is 0.317. The molecular weight excluding hydrogens is 148 g/mol. The molecule has 2 saturated carbocycles. The summed E-state index contributed by atoms with van der Waals surface area (Å²) in [5.74, 6) is 0.392. The molecule has 2 aliphatic carbocycles. The molecule has 12 heavy (non-hydrogen) atoms. The van der Waals surface area contributed by atoms with Gasteiger partial charge in [0.05, 0.1) is 6.10 Å². The second kappa shape index (κ2) is 2.88. The highest BCUT2D eigenvalue weighted by Crippen LogP contribution is 2.54. The maximum Gasteiger partial charge on any atom is 0.0659 e. The highest BCUT2D eigenvalue weighted by molar-refractivity contribution is 5.08. The van der Waals surface area contributed by atoms with E-state index in [9.17, 15) is 5.11 Å². The fourth-order valence-electron chi connectivity index (χ4n) is 2.96. The summed E-state index contributed by atoms with van der Waals surface area (Å²) in [6, 6.07) is 0. The lowest BCUT2D eigenvalue weighted by Gasteiger charge is -2.54. The van der Waals surface area contributed by atoms with E-state index in [-0.39, 0.29) is 6.10 Å². The van der Waals surface area contributed by atoms with Crippen molar-refractivity contribution in [3.8, 4) is 0 Å². The van der Waals surface area contributed by atoms with Crippen LogP contribution >= 0.6 is 0 Å². The Bertz CT molecular complexity index is 179. The highest BCUT2D eigenvalue weighted by atomic mass is 16.3. The monoisotopic (exact) mass is 166 g/mol. The van der Waals surface area contributed by atoms with Crippen LogP contribution in [0, 0.1) is 11.3 Å². The van der Waals surface area contributed by atoms with E-state index in [1.54, 1.807) is 0 Å². The SMILES string of the molecule is C=CC1CC2(CCCCC2)C1O. The third-order valence-electron chi connectivity index (χ3n) is 3.83. The normalized spacial score (nSPS) is 39.1. The summed E-state index contributed by atoms with van der Waals surface area (Å²) in [6.07, 6.45) is 9.55. The molecule has 1 N–H and O–H groups in total. The molecule has 2 rings (SSSR count). The van der Waals surface area contributed by atoms with Crippen LogP contribution < -0.4 is 0 Å². The topological polar surface area (TPSA) is 20.2 Å². The quantitative estimate of drug-likeness (QED) is 0.593. The Morgan fingerprint density at radius 3 is 2.42 bits per heavy atom. The Labute approximate surface area is 74.5 Å². The molecule has 0 saturated heterocycles. The van der Waals surface area contributed by atoms with E-state index in [2.05, 4.69) is 6.58 Å². The molecule has 1 heteroatoms. The first kappa shape index (κ1) is 8.31. The van der Waals surface area contributed by atoms with Gasteiger partial charge in [0.1, 0.15) is 0 Å². The molecule has 0 heterocycles. The second-order valence-corrected chi connectivity index (χ2v) is 4.47. The van der Waals surface area contributed by atoms with Gasteiger partial charge in [-0.1, -0.05) is 25.3 Å². The van der Waals surface area contributed by atoms with E-state index in [4.69, 9.17) is 0 Å². The Kier molecular flexibility index (Phi) is 1.99.